The number of nitrogens with one attached hydrogen (secondary N) is 1. The van der Waals surface area contributed by atoms with Crippen molar-refractivity contribution in [3.05, 3.63) is 268 Å². The Kier molecular flexibility index (Phi) is 20.5. The normalized spacial score (nSPS) is 12.9. The highest BCUT2D eigenvalue weighted by molar-refractivity contribution is 9.10. The zero-order chi connectivity index (χ0) is 74.2. The molecule has 20 rings (SSSR count). The molecule has 12 aromatic carbocycles. The molecule has 3 N–H and O–H groups in total. The van der Waals surface area contributed by atoms with E-state index in [0.29, 0.717) is 32.0 Å². The van der Waals surface area contributed by atoms with Gasteiger partial charge in [-0.25, -0.2) is 9.97 Å². The molecule has 7 aromatic heterocycles. The minimum absolute atomic E-state index is 0.187. The number of amides is 1. The van der Waals surface area contributed by atoms with Gasteiger partial charge >= 0.3 is 7.12 Å². The standard InChI is InChI=1S/C25H22BN3O2S.C19H12ClN3OS.C19H10ClN3S.C12H8ClN3S.C6H3BrN2S/c1-24(2)25(3,4)31-26(30-24)16-10-11-17-20(14-16)27-22(15-8-6-5-7-9-15)18-12-13-19-23(21(17)18)29-32-28-19;20-13-9-10-14(15-7-4-8-16-18(15)23-25-22-16)17(11-13)21-19(24)12-5-2-1-3-6-12;20-12-6-7-13-16(10-12)21-18(11-4-2-1-3-5-11)14-8-9-15-19(17(13)14)23-24-22-15;13-7-4-5-8(10(14)6-7)9-2-1-3-11-12(9)16-17-15-11;7-4-2-1-3-5-6(4)9-10-8-5/h5-14H,1-4H3;1-11H,(H,21,24);1-10H;1-6H,14H2;1-3H. The fraction of sp³-hybridized carbons (Fsp3) is 0.0741. The topological polar surface area (TPSA) is 228 Å². The summed E-state index contributed by atoms with van der Waals surface area (Å²) in [5.41, 5.74) is 26.5. The van der Waals surface area contributed by atoms with Gasteiger partial charge in [0, 0.05) is 96.5 Å². The second kappa shape index (κ2) is 30.7. The molecule has 27 heteroatoms. The number of carbonyl (C=O) groups excluding carboxylic acids is 1. The number of nitrogen functional groups attached to an aromatic ring is 1. The lowest BCUT2D eigenvalue weighted by atomic mass is 9.78. The predicted octanol–water partition coefficient (Wildman–Crippen LogP) is 22.4. The monoisotopic (exact) mass is 1630 g/mol. The van der Waals surface area contributed by atoms with Crippen molar-refractivity contribution in [3.8, 4) is 44.8 Å². The highest BCUT2D eigenvalue weighted by atomic mass is 79.9. The van der Waals surface area contributed by atoms with E-state index in [0.717, 1.165) is 153 Å². The Morgan fingerprint density at radius 1 is 0.398 bits per heavy atom. The molecule has 17 nitrogen and oxygen atoms in total. The average Bonchev–Trinajstić information content (AvgIpc) is 1.04. The molecule has 0 unspecified atom stereocenters. The quantitative estimate of drug-likeness (QED) is 0.0859. The van der Waals surface area contributed by atoms with Crippen molar-refractivity contribution in [3.63, 3.8) is 0 Å². The highest BCUT2D eigenvalue weighted by Crippen LogP contribution is 2.42. The van der Waals surface area contributed by atoms with Crippen LogP contribution in [0, 0.1) is 0 Å². The zero-order valence-electron chi connectivity index (χ0n) is 57.4. The fourth-order valence-electron chi connectivity index (χ4n) is 12.7. The number of nitrogens with two attached hydrogens (primary N) is 1. The number of anilines is 2. The third-order valence-corrected chi connectivity index (χ3v) is 22.7. The predicted molar refractivity (Wildman–Crippen MR) is 452 cm³/mol. The van der Waals surface area contributed by atoms with Gasteiger partial charge in [-0.1, -0.05) is 174 Å². The van der Waals surface area contributed by atoms with Crippen LogP contribution in [0.4, 0.5) is 11.4 Å². The van der Waals surface area contributed by atoms with Crippen molar-refractivity contribution in [1.29, 1.82) is 0 Å². The fourth-order valence-corrected chi connectivity index (χ4v) is 16.5. The molecule has 0 atom stereocenters. The Morgan fingerprint density at radius 2 is 0.815 bits per heavy atom. The second-order valence-electron chi connectivity index (χ2n) is 25.9. The minimum atomic E-state index is -0.432. The van der Waals surface area contributed by atoms with Crippen LogP contribution < -0.4 is 16.5 Å². The van der Waals surface area contributed by atoms with Crippen LogP contribution in [0.1, 0.15) is 38.1 Å². The first-order valence-corrected chi connectivity index (χ1v) is 39.2. The molecule has 1 aliphatic rings. The highest BCUT2D eigenvalue weighted by Gasteiger charge is 2.52. The molecule has 0 spiro atoms. The van der Waals surface area contributed by atoms with Gasteiger partial charge in [0.05, 0.1) is 98.0 Å². The van der Waals surface area contributed by atoms with Crippen molar-refractivity contribution in [2.45, 2.75) is 38.9 Å². The zero-order valence-corrected chi connectivity index (χ0v) is 65.3. The number of halogens is 4. The van der Waals surface area contributed by atoms with Gasteiger partial charge in [0.15, 0.2) is 0 Å². The van der Waals surface area contributed by atoms with Crippen LogP contribution in [0.15, 0.2) is 247 Å². The summed E-state index contributed by atoms with van der Waals surface area (Å²) >= 11 is 27.7. The van der Waals surface area contributed by atoms with E-state index >= 15 is 0 Å². The van der Waals surface area contributed by atoms with Crippen LogP contribution in [0.3, 0.4) is 0 Å². The number of pyridine rings is 2. The molecule has 1 saturated heterocycles. The third-order valence-electron chi connectivity index (χ3n) is 18.6. The van der Waals surface area contributed by atoms with Gasteiger partial charge < -0.3 is 20.4 Å². The summed E-state index contributed by atoms with van der Waals surface area (Å²) in [5.74, 6) is -0.187. The number of hydrogen-bond acceptors (Lipinski definition) is 21. The molecule has 528 valence electrons. The van der Waals surface area contributed by atoms with E-state index in [4.69, 9.17) is 59.8 Å². The summed E-state index contributed by atoms with van der Waals surface area (Å²) in [4.78, 5) is 22.6. The number of nitrogens with zero attached hydrogens (tertiary/aromatic N) is 12. The van der Waals surface area contributed by atoms with Crippen molar-refractivity contribution >= 4 is 238 Å². The first-order chi connectivity index (χ1) is 52.5. The Balaban J connectivity index is 0.000000107. The summed E-state index contributed by atoms with van der Waals surface area (Å²) in [6.07, 6.45) is 0. The lowest BCUT2D eigenvalue weighted by Gasteiger charge is -2.32. The first kappa shape index (κ1) is 71.9. The van der Waals surface area contributed by atoms with E-state index in [2.05, 4.69) is 147 Å². The van der Waals surface area contributed by atoms with Gasteiger partial charge in [0.25, 0.3) is 5.91 Å². The van der Waals surface area contributed by atoms with Gasteiger partial charge in [-0.2, -0.15) is 43.7 Å². The van der Waals surface area contributed by atoms with Gasteiger partial charge in [-0.15, -0.1) is 0 Å². The van der Waals surface area contributed by atoms with Crippen LogP contribution in [-0.4, -0.2) is 77.9 Å². The number of aromatic nitrogens is 12. The van der Waals surface area contributed by atoms with E-state index in [1.807, 2.05) is 158 Å². The van der Waals surface area contributed by atoms with Gasteiger partial charge in [-0.3, -0.25) is 4.79 Å². The molecule has 0 bridgehead atoms. The Bertz CT molecular complexity index is 6580. The molecular formula is C81H55BBrCl3N14O3S5. The Hall–Kier alpha value is -10.3. The summed E-state index contributed by atoms with van der Waals surface area (Å²) in [6.45, 7) is 8.27. The maximum Gasteiger partial charge on any atom is 0.494 e. The van der Waals surface area contributed by atoms with Gasteiger partial charge in [0.2, 0.25) is 0 Å². The summed E-state index contributed by atoms with van der Waals surface area (Å²) in [7, 11) is -0.432. The van der Waals surface area contributed by atoms with Crippen LogP contribution in [0.2, 0.25) is 15.1 Å². The molecule has 1 aliphatic heterocycles. The second-order valence-corrected chi connectivity index (χ2v) is 30.7. The summed E-state index contributed by atoms with van der Waals surface area (Å²) in [6, 6.07) is 78.3. The van der Waals surface area contributed by atoms with Crippen molar-refractivity contribution in [2.75, 3.05) is 11.1 Å². The van der Waals surface area contributed by atoms with Crippen molar-refractivity contribution in [2.24, 2.45) is 0 Å². The third kappa shape index (κ3) is 14.6. The van der Waals surface area contributed by atoms with E-state index < -0.39 is 18.3 Å². The van der Waals surface area contributed by atoms with Crippen LogP contribution in [-0.2, 0) is 9.31 Å². The first-order valence-electron chi connectivity index (χ1n) is 33.6. The van der Waals surface area contributed by atoms with E-state index in [1.54, 1.807) is 30.3 Å². The number of hydrogen-bond donors (Lipinski definition) is 2. The molecular weight excluding hydrogens is 1570 g/mol. The minimum Gasteiger partial charge on any atom is -0.399 e. The van der Waals surface area contributed by atoms with Crippen LogP contribution in [0.25, 0.3) is 143 Å². The number of rotatable bonds is 7. The molecule has 0 radical (unpaired) electrons. The number of benzene rings is 12. The lowest BCUT2D eigenvalue weighted by molar-refractivity contribution is 0.00578. The smallest absolute Gasteiger partial charge is 0.399 e. The Labute approximate surface area is 662 Å². The Morgan fingerprint density at radius 3 is 1.34 bits per heavy atom. The molecule has 1 fully saturated rings. The van der Waals surface area contributed by atoms with E-state index in [1.165, 1.54) is 58.6 Å². The molecule has 108 heavy (non-hydrogen) atoms. The summed E-state index contributed by atoms with van der Waals surface area (Å²) in [5, 5.41) is 11.2. The summed E-state index contributed by atoms with van der Waals surface area (Å²) < 4.78 is 56.9. The molecule has 0 saturated carbocycles. The van der Waals surface area contributed by atoms with Gasteiger partial charge in [-0.05, 0) is 152 Å². The van der Waals surface area contributed by atoms with Gasteiger partial charge in [0.1, 0.15) is 55.2 Å². The largest absolute Gasteiger partial charge is 0.494 e. The van der Waals surface area contributed by atoms with Crippen LogP contribution >= 0.6 is 109 Å². The van der Waals surface area contributed by atoms with Crippen molar-refractivity contribution < 1.29 is 14.1 Å². The molecule has 8 heterocycles. The molecule has 1 amide bonds. The molecule has 0 aliphatic carbocycles. The maximum absolute atomic E-state index is 12.5. The van der Waals surface area contributed by atoms with Crippen LogP contribution in [0.5, 0.6) is 0 Å². The number of carbonyl (C=O) groups is 1. The number of fused-ring (bicyclic) bond motifs is 13. The van der Waals surface area contributed by atoms with E-state index in [-0.39, 0.29) is 5.91 Å². The SMILES string of the molecule is Brc1cccc2nsnc12.CC1(C)OB(c2ccc3c(c2)nc(-c2ccccc2)c2ccc4nsnc4c23)OC1(C)C.Clc1ccc2c(c1)nc(-c1ccccc1)c1ccc3nsnc3c12.Nc1cc(Cl)ccc1-c1cccc2nsnc12.O=C(Nc1cc(Cl)ccc1-c1cccc2nsnc12)c1ccccc1. The average molecular weight is 1630 g/mol. The van der Waals surface area contributed by atoms with Crippen molar-refractivity contribution in [1.82, 2.24) is 53.7 Å². The van der Waals surface area contributed by atoms with E-state index in [9.17, 15) is 4.79 Å². The maximum atomic E-state index is 12.5. The molecule has 19 aromatic rings. The lowest BCUT2D eigenvalue weighted by Crippen LogP contribution is -2.41.